The number of hydrogen-bond acceptors (Lipinski definition) is 4. The molecule has 124 valence electrons. The number of benzene rings is 1. The molecule has 0 aliphatic heterocycles. The van der Waals surface area contributed by atoms with Crippen LogP contribution in [0.15, 0.2) is 52.0 Å². The molecule has 0 bridgehead atoms. The number of hydrogen-bond donors (Lipinski definition) is 1. The minimum absolute atomic E-state index is 0.167. The maximum atomic E-state index is 12.7. The largest absolute Gasteiger partial charge is 0.305 e. The summed E-state index contributed by atoms with van der Waals surface area (Å²) in [6.07, 6.45) is 1.81. The third-order valence-electron chi connectivity index (χ3n) is 3.86. The Morgan fingerprint density at radius 1 is 1.24 bits per heavy atom. The molecule has 0 aliphatic carbocycles. The number of H-pyrrole nitrogens is 1. The van der Waals surface area contributed by atoms with E-state index in [4.69, 9.17) is 11.6 Å². The smallest absolute Gasteiger partial charge is 0.260 e. The van der Waals surface area contributed by atoms with Crippen molar-refractivity contribution in [3.63, 3.8) is 0 Å². The third kappa shape index (κ3) is 3.06. The third-order valence-corrected chi connectivity index (χ3v) is 5.85. The van der Waals surface area contributed by atoms with Crippen molar-refractivity contribution in [1.82, 2.24) is 9.97 Å². The van der Waals surface area contributed by atoms with Crippen LogP contribution >= 0.6 is 34.3 Å². The van der Waals surface area contributed by atoms with Crippen LogP contribution in [0, 0.1) is 6.92 Å². The Balaban J connectivity index is 1.89. The predicted molar refractivity (Wildman–Crippen MR) is 108 cm³/mol. The van der Waals surface area contributed by atoms with Crippen molar-refractivity contribution >= 4 is 55.6 Å². The molecule has 0 spiro atoms. The van der Waals surface area contributed by atoms with E-state index in [1.807, 2.05) is 54.1 Å². The van der Waals surface area contributed by atoms with E-state index in [-0.39, 0.29) is 5.56 Å². The SMILES string of the molecule is Cc1sc2nc(/C(Cl)=C/c3ccsc3)[nH]c(=O)c2c1-c1ccccc1. The van der Waals surface area contributed by atoms with Crippen LogP contribution in [-0.2, 0) is 0 Å². The van der Waals surface area contributed by atoms with Crippen molar-refractivity contribution < 1.29 is 0 Å². The number of thiophene rings is 2. The van der Waals surface area contributed by atoms with Gasteiger partial charge in [-0.2, -0.15) is 11.3 Å². The minimum atomic E-state index is -0.167. The van der Waals surface area contributed by atoms with Gasteiger partial charge in [-0.25, -0.2) is 4.98 Å². The molecule has 1 aromatic carbocycles. The second-order valence-electron chi connectivity index (χ2n) is 5.54. The van der Waals surface area contributed by atoms with Crippen molar-refractivity contribution in [3.05, 3.63) is 73.8 Å². The van der Waals surface area contributed by atoms with E-state index in [1.165, 1.54) is 11.3 Å². The maximum Gasteiger partial charge on any atom is 0.260 e. The summed E-state index contributed by atoms with van der Waals surface area (Å²) in [6, 6.07) is 11.9. The molecule has 0 fully saturated rings. The molecular formula is C19H13ClN2OS2. The number of nitrogens with one attached hydrogen (secondary N) is 1. The zero-order chi connectivity index (χ0) is 17.4. The number of halogens is 1. The Morgan fingerprint density at radius 3 is 2.76 bits per heavy atom. The second kappa shape index (κ2) is 6.59. The number of fused-ring (bicyclic) bond motifs is 1. The Labute approximate surface area is 157 Å². The van der Waals surface area contributed by atoms with E-state index < -0.39 is 0 Å². The summed E-state index contributed by atoms with van der Waals surface area (Å²) in [4.78, 5) is 21.9. The Kier molecular flexibility index (Phi) is 4.29. The molecule has 25 heavy (non-hydrogen) atoms. The molecule has 0 unspecified atom stereocenters. The van der Waals surface area contributed by atoms with Crippen molar-refractivity contribution in [2.45, 2.75) is 6.92 Å². The van der Waals surface area contributed by atoms with Crippen LogP contribution in [0.2, 0.25) is 0 Å². The van der Waals surface area contributed by atoms with Gasteiger partial charge in [0.1, 0.15) is 4.83 Å². The average Bonchev–Trinajstić information content (AvgIpc) is 3.22. The van der Waals surface area contributed by atoms with Crippen molar-refractivity contribution in [2.75, 3.05) is 0 Å². The summed E-state index contributed by atoms with van der Waals surface area (Å²) in [5.41, 5.74) is 2.79. The predicted octanol–water partition coefficient (Wildman–Crippen LogP) is 5.76. The molecule has 0 saturated heterocycles. The fraction of sp³-hybridized carbons (Fsp3) is 0.0526. The highest BCUT2D eigenvalue weighted by Crippen LogP contribution is 2.36. The summed E-state index contributed by atoms with van der Waals surface area (Å²) in [6.45, 7) is 2.01. The van der Waals surface area contributed by atoms with Gasteiger partial charge in [0.05, 0.1) is 10.4 Å². The first-order valence-electron chi connectivity index (χ1n) is 7.62. The minimum Gasteiger partial charge on any atom is -0.305 e. The number of aryl methyl sites for hydroxylation is 1. The van der Waals surface area contributed by atoms with Gasteiger partial charge in [0.15, 0.2) is 5.82 Å². The molecule has 4 aromatic rings. The van der Waals surface area contributed by atoms with E-state index in [0.717, 1.165) is 21.6 Å². The molecule has 0 atom stereocenters. The normalized spacial score (nSPS) is 12.0. The lowest BCUT2D eigenvalue weighted by Gasteiger charge is -2.02. The summed E-state index contributed by atoms with van der Waals surface area (Å²) < 4.78 is 0. The van der Waals surface area contributed by atoms with E-state index in [2.05, 4.69) is 9.97 Å². The molecular weight excluding hydrogens is 372 g/mol. The number of aromatic nitrogens is 2. The second-order valence-corrected chi connectivity index (χ2v) is 7.93. The first-order chi connectivity index (χ1) is 12.1. The van der Waals surface area contributed by atoms with Crippen molar-refractivity contribution in [1.29, 1.82) is 0 Å². The fourth-order valence-corrected chi connectivity index (χ4v) is 4.64. The van der Waals surface area contributed by atoms with Crippen molar-refractivity contribution in [2.24, 2.45) is 0 Å². The topological polar surface area (TPSA) is 45.8 Å². The van der Waals surface area contributed by atoms with Gasteiger partial charge < -0.3 is 4.98 Å². The molecule has 6 heteroatoms. The van der Waals surface area contributed by atoms with Gasteiger partial charge in [0, 0.05) is 10.4 Å². The molecule has 3 heterocycles. The van der Waals surface area contributed by atoms with Crippen LogP contribution in [0.4, 0.5) is 0 Å². The molecule has 0 radical (unpaired) electrons. The zero-order valence-electron chi connectivity index (χ0n) is 13.2. The first-order valence-corrected chi connectivity index (χ1v) is 9.76. The molecule has 0 aliphatic rings. The monoisotopic (exact) mass is 384 g/mol. The number of nitrogens with zero attached hydrogens (tertiary/aromatic N) is 1. The Morgan fingerprint density at radius 2 is 2.04 bits per heavy atom. The van der Waals surface area contributed by atoms with Gasteiger partial charge >= 0.3 is 0 Å². The maximum absolute atomic E-state index is 12.7. The van der Waals surface area contributed by atoms with Crippen LogP contribution in [-0.4, -0.2) is 9.97 Å². The van der Waals surface area contributed by atoms with E-state index >= 15 is 0 Å². The quantitative estimate of drug-likeness (QED) is 0.488. The van der Waals surface area contributed by atoms with Crippen molar-refractivity contribution in [3.8, 4) is 11.1 Å². The highest BCUT2D eigenvalue weighted by Gasteiger charge is 2.17. The van der Waals surface area contributed by atoms with Crippen LogP contribution < -0.4 is 5.56 Å². The summed E-state index contributed by atoms with van der Waals surface area (Å²) >= 11 is 9.48. The van der Waals surface area contributed by atoms with Gasteiger partial charge in [0.2, 0.25) is 0 Å². The molecule has 4 rings (SSSR count). The van der Waals surface area contributed by atoms with Crippen LogP contribution in [0.3, 0.4) is 0 Å². The van der Waals surface area contributed by atoms with E-state index in [1.54, 1.807) is 17.4 Å². The molecule has 3 nitrogen and oxygen atoms in total. The first kappa shape index (κ1) is 16.3. The molecule has 0 amide bonds. The lowest BCUT2D eigenvalue weighted by Crippen LogP contribution is -2.10. The average molecular weight is 385 g/mol. The van der Waals surface area contributed by atoms with E-state index in [0.29, 0.717) is 21.1 Å². The van der Waals surface area contributed by atoms with Crippen LogP contribution in [0.25, 0.3) is 32.5 Å². The zero-order valence-corrected chi connectivity index (χ0v) is 15.6. The molecule has 1 N–H and O–H groups in total. The lowest BCUT2D eigenvalue weighted by molar-refractivity contribution is 1.14. The van der Waals surface area contributed by atoms with E-state index in [9.17, 15) is 4.79 Å². The summed E-state index contributed by atoms with van der Waals surface area (Å²) in [5, 5.41) is 5.01. The number of rotatable bonds is 3. The lowest BCUT2D eigenvalue weighted by atomic mass is 10.0. The Hall–Kier alpha value is -2.21. The van der Waals surface area contributed by atoms with Gasteiger partial charge in [-0.1, -0.05) is 41.9 Å². The molecule has 0 saturated carbocycles. The van der Waals surface area contributed by atoms with Gasteiger partial charge in [-0.15, -0.1) is 11.3 Å². The van der Waals surface area contributed by atoms with Gasteiger partial charge in [-0.3, -0.25) is 4.79 Å². The van der Waals surface area contributed by atoms with Gasteiger partial charge in [-0.05, 0) is 41.0 Å². The summed E-state index contributed by atoms with van der Waals surface area (Å²) in [5.74, 6) is 0.395. The summed E-state index contributed by atoms with van der Waals surface area (Å²) in [7, 11) is 0. The molecule has 3 aromatic heterocycles. The standard InChI is InChI=1S/C19H13ClN2OS2/c1-11-15(13-5-3-2-4-6-13)16-18(23)21-17(22-19(16)25-11)14(20)9-12-7-8-24-10-12/h2-10H,1H3,(H,21,22,23)/b14-9-. The highest BCUT2D eigenvalue weighted by molar-refractivity contribution is 7.19. The Bertz CT molecular complexity index is 1130. The number of aromatic amines is 1. The van der Waals surface area contributed by atoms with Crippen LogP contribution in [0.1, 0.15) is 16.3 Å². The fourth-order valence-electron chi connectivity index (χ4n) is 2.76. The van der Waals surface area contributed by atoms with Gasteiger partial charge in [0.25, 0.3) is 5.56 Å². The van der Waals surface area contributed by atoms with Crippen LogP contribution in [0.5, 0.6) is 0 Å². The highest BCUT2D eigenvalue weighted by atomic mass is 35.5.